The van der Waals surface area contributed by atoms with Gasteiger partial charge in [0.15, 0.2) is 0 Å². The molecule has 0 aromatic heterocycles. The highest BCUT2D eigenvalue weighted by atomic mass is 16.5. The lowest BCUT2D eigenvalue weighted by Gasteiger charge is -2.50. The van der Waals surface area contributed by atoms with E-state index >= 15 is 0 Å². The highest BCUT2D eigenvalue weighted by Gasteiger charge is 2.44. The molecule has 21 heavy (non-hydrogen) atoms. The average molecular weight is 294 g/mol. The Labute approximate surface area is 130 Å². The summed E-state index contributed by atoms with van der Waals surface area (Å²) in [5.74, 6) is 0.880. The zero-order valence-electron chi connectivity index (χ0n) is 14.1. The number of piperidine rings is 1. The molecule has 2 saturated heterocycles. The molecule has 2 unspecified atom stereocenters. The maximum atomic E-state index is 6.09. The van der Waals surface area contributed by atoms with E-state index < -0.39 is 0 Å². The van der Waals surface area contributed by atoms with E-state index in [0.717, 1.165) is 18.6 Å². The van der Waals surface area contributed by atoms with Crippen LogP contribution >= 0.6 is 0 Å². The SMILES string of the molecule is CCCNC(C)C1CCN(C2CCOC3(CCC3)C2)CC1. The van der Waals surface area contributed by atoms with Crippen LogP contribution in [0.25, 0.3) is 0 Å². The third kappa shape index (κ3) is 3.62. The molecule has 2 aliphatic heterocycles. The molecule has 3 heteroatoms. The average Bonchev–Trinajstić information content (AvgIpc) is 2.51. The molecule has 122 valence electrons. The van der Waals surface area contributed by atoms with Gasteiger partial charge in [0.05, 0.1) is 5.60 Å². The Kier molecular flexibility index (Phi) is 5.23. The number of hydrogen-bond donors (Lipinski definition) is 1. The number of rotatable bonds is 5. The highest BCUT2D eigenvalue weighted by molar-refractivity contribution is 4.97. The second-order valence-corrected chi connectivity index (χ2v) is 7.65. The number of likely N-dealkylation sites (tertiary alicyclic amines) is 1. The Morgan fingerprint density at radius 2 is 2.00 bits per heavy atom. The van der Waals surface area contributed by atoms with E-state index in [0.29, 0.717) is 11.6 Å². The van der Waals surface area contributed by atoms with Crippen LogP contribution in [0.1, 0.15) is 65.2 Å². The number of hydrogen-bond acceptors (Lipinski definition) is 3. The molecule has 3 rings (SSSR count). The van der Waals surface area contributed by atoms with Crippen molar-refractivity contribution in [3.8, 4) is 0 Å². The van der Waals surface area contributed by atoms with Crippen LogP contribution in [0.3, 0.4) is 0 Å². The molecule has 1 N–H and O–H groups in total. The van der Waals surface area contributed by atoms with Crippen LogP contribution in [-0.4, -0.2) is 48.8 Å². The fourth-order valence-electron chi connectivity index (χ4n) is 4.56. The van der Waals surface area contributed by atoms with Gasteiger partial charge in [-0.15, -0.1) is 0 Å². The normalized spacial score (nSPS) is 32.0. The molecule has 1 saturated carbocycles. The van der Waals surface area contributed by atoms with E-state index in [1.54, 1.807) is 0 Å². The molecule has 3 aliphatic rings. The molecule has 0 radical (unpaired) electrons. The molecule has 0 aromatic rings. The van der Waals surface area contributed by atoms with Crippen molar-refractivity contribution in [2.24, 2.45) is 5.92 Å². The minimum atomic E-state index is 0.301. The Hall–Kier alpha value is -0.120. The summed E-state index contributed by atoms with van der Waals surface area (Å²) in [6.07, 6.45) is 10.6. The summed E-state index contributed by atoms with van der Waals surface area (Å²) in [5, 5.41) is 3.69. The van der Waals surface area contributed by atoms with Crippen LogP contribution < -0.4 is 5.32 Å². The molecule has 0 aromatic carbocycles. The van der Waals surface area contributed by atoms with Crippen molar-refractivity contribution in [3.05, 3.63) is 0 Å². The third-order valence-electron chi connectivity index (χ3n) is 6.25. The molecule has 3 nitrogen and oxygen atoms in total. The van der Waals surface area contributed by atoms with E-state index in [1.165, 1.54) is 71.0 Å². The maximum Gasteiger partial charge on any atom is 0.0697 e. The Bertz CT molecular complexity index is 321. The van der Waals surface area contributed by atoms with Crippen LogP contribution in [0.2, 0.25) is 0 Å². The standard InChI is InChI=1S/C18H34N2O/c1-3-10-19-15(2)16-5-11-20(12-6-16)17-7-13-21-18(14-17)8-4-9-18/h15-17,19H,3-14H2,1-2H3. The Morgan fingerprint density at radius 3 is 2.62 bits per heavy atom. The van der Waals surface area contributed by atoms with Gasteiger partial charge >= 0.3 is 0 Å². The van der Waals surface area contributed by atoms with Crippen LogP contribution in [-0.2, 0) is 4.74 Å². The topological polar surface area (TPSA) is 24.5 Å². The molecule has 0 bridgehead atoms. The quantitative estimate of drug-likeness (QED) is 0.843. The van der Waals surface area contributed by atoms with Gasteiger partial charge in [-0.3, -0.25) is 0 Å². The first-order chi connectivity index (χ1) is 10.2. The second-order valence-electron chi connectivity index (χ2n) is 7.65. The second kappa shape index (κ2) is 6.97. The van der Waals surface area contributed by atoms with Gasteiger partial charge in [-0.2, -0.15) is 0 Å². The van der Waals surface area contributed by atoms with Crippen molar-refractivity contribution >= 4 is 0 Å². The Balaban J connectivity index is 1.44. The van der Waals surface area contributed by atoms with Crippen molar-refractivity contribution in [1.29, 1.82) is 0 Å². The Morgan fingerprint density at radius 1 is 1.24 bits per heavy atom. The molecule has 3 fully saturated rings. The van der Waals surface area contributed by atoms with Gasteiger partial charge in [0, 0.05) is 18.7 Å². The number of nitrogens with one attached hydrogen (secondary N) is 1. The van der Waals surface area contributed by atoms with Crippen molar-refractivity contribution in [2.75, 3.05) is 26.2 Å². The van der Waals surface area contributed by atoms with Crippen molar-refractivity contribution in [3.63, 3.8) is 0 Å². The predicted molar refractivity (Wildman–Crippen MR) is 87.6 cm³/mol. The third-order valence-corrected chi connectivity index (χ3v) is 6.25. The van der Waals surface area contributed by atoms with Gasteiger partial charge in [0.1, 0.15) is 0 Å². The van der Waals surface area contributed by atoms with Gasteiger partial charge in [0.2, 0.25) is 0 Å². The van der Waals surface area contributed by atoms with Crippen molar-refractivity contribution < 1.29 is 4.74 Å². The maximum absolute atomic E-state index is 6.09. The molecule has 1 spiro atoms. The van der Waals surface area contributed by atoms with Crippen molar-refractivity contribution in [2.45, 2.75) is 82.9 Å². The van der Waals surface area contributed by atoms with Gasteiger partial charge in [0.25, 0.3) is 0 Å². The van der Waals surface area contributed by atoms with Crippen LogP contribution in [0.15, 0.2) is 0 Å². The fraction of sp³-hybridized carbons (Fsp3) is 1.00. The van der Waals surface area contributed by atoms with Gasteiger partial charge in [-0.1, -0.05) is 6.92 Å². The first-order valence-electron chi connectivity index (χ1n) is 9.34. The smallest absolute Gasteiger partial charge is 0.0697 e. The summed E-state index contributed by atoms with van der Waals surface area (Å²) >= 11 is 0. The molecular formula is C18H34N2O. The van der Waals surface area contributed by atoms with E-state index in [-0.39, 0.29) is 0 Å². The van der Waals surface area contributed by atoms with E-state index in [9.17, 15) is 0 Å². The van der Waals surface area contributed by atoms with E-state index in [1.807, 2.05) is 0 Å². The van der Waals surface area contributed by atoms with Crippen LogP contribution in [0.4, 0.5) is 0 Å². The predicted octanol–water partition coefficient (Wildman–Crippen LogP) is 3.19. The van der Waals surface area contributed by atoms with Gasteiger partial charge < -0.3 is 15.0 Å². The zero-order valence-corrected chi connectivity index (χ0v) is 14.1. The minimum Gasteiger partial charge on any atom is -0.375 e. The monoisotopic (exact) mass is 294 g/mol. The summed E-state index contributed by atoms with van der Waals surface area (Å²) in [7, 11) is 0. The number of ether oxygens (including phenoxy) is 1. The van der Waals surface area contributed by atoms with Gasteiger partial charge in [-0.25, -0.2) is 0 Å². The van der Waals surface area contributed by atoms with Gasteiger partial charge in [-0.05, 0) is 83.8 Å². The highest BCUT2D eigenvalue weighted by Crippen LogP contribution is 2.43. The first-order valence-corrected chi connectivity index (χ1v) is 9.34. The number of nitrogens with zero attached hydrogens (tertiary/aromatic N) is 1. The fourth-order valence-corrected chi connectivity index (χ4v) is 4.56. The summed E-state index contributed by atoms with van der Waals surface area (Å²) in [5.41, 5.74) is 0.301. The lowest BCUT2D eigenvalue weighted by molar-refractivity contribution is -0.150. The minimum absolute atomic E-state index is 0.301. The molecule has 1 aliphatic carbocycles. The summed E-state index contributed by atoms with van der Waals surface area (Å²) in [6, 6.07) is 1.50. The lowest BCUT2D eigenvalue weighted by atomic mass is 9.73. The van der Waals surface area contributed by atoms with Crippen LogP contribution in [0.5, 0.6) is 0 Å². The molecule has 2 heterocycles. The first kappa shape index (κ1) is 15.8. The van der Waals surface area contributed by atoms with E-state index in [2.05, 4.69) is 24.1 Å². The lowest BCUT2D eigenvalue weighted by Crippen LogP contribution is -2.54. The summed E-state index contributed by atoms with van der Waals surface area (Å²) in [4.78, 5) is 2.78. The summed E-state index contributed by atoms with van der Waals surface area (Å²) < 4.78 is 6.09. The zero-order chi connectivity index (χ0) is 14.7. The van der Waals surface area contributed by atoms with Crippen molar-refractivity contribution in [1.82, 2.24) is 10.2 Å². The summed E-state index contributed by atoms with van der Waals surface area (Å²) in [6.45, 7) is 9.42. The molecule has 2 atom stereocenters. The van der Waals surface area contributed by atoms with Crippen LogP contribution in [0, 0.1) is 5.92 Å². The van der Waals surface area contributed by atoms with E-state index in [4.69, 9.17) is 4.74 Å². The molecular weight excluding hydrogens is 260 g/mol. The largest absolute Gasteiger partial charge is 0.375 e. The molecule has 0 amide bonds.